The Labute approximate surface area is 124 Å². The van der Waals surface area contributed by atoms with Crippen LogP contribution in [0.25, 0.3) is 0 Å². The fraction of sp³-hybridized carbons (Fsp3) is 0.417. The van der Waals surface area contributed by atoms with Crippen molar-refractivity contribution in [1.29, 1.82) is 0 Å². The highest BCUT2D eigenvalue weighted by molar-refractivity contribution is 9.10. The number of methoxy groups -OCH3 is 1. The lowest BCUT2D eigenvalue weighted by atomic mass is 10.2. The standard InChI is InChI=1S/C12H15BrN2O5/c1-8-5-9(13)10(6-11(8)15(17)18)14-12(16)7-20-4-3-19-2/h5-6H,3-4,7H2,1-2H3,(H,14,16). The number of halogens is 1. The van der Waals surface area contributed by atoms with Gasteiger partial charge in [0.25, 0.3) is 5.69 Å². The first-order chi connectivity index (χ1) is 9.45. The van der Waals surface area contributed by atoms with Gasteiger partial charge in [-0.3, -0.25) is 14.9 Å². The molecule has 0 bridgehead atoms. The number of aryl methyl sites for hydroxylation is 1. The number of hydrogen-bond acceptors (Lipinski definition) is 5. The minimum absolute atomic E-state index is 0.0520. The van der Waals surface area contributed by atoms with E-state index in [0.717, 1.165) is 0 Å². The molecule has 110 valence electrons. The van der Waals surface area contributed by atoms with E-state index < -0.39 is 4.92 Å². The van der Waals surface area contributed by atoms with Crippen molar-refractivity contribution in [3.05, 3.63) is 32.3 Å². The molecule has 7 nitrogen and oxygen atoms in total. The molecule has 1 amide bonds. The van der Waals surface area contributed by atoms with Crippen LogP contribution in [0.4, 0.5) is 11.4 Å². The van der Waals surface area contributed by atoms with Crippen LogP contribution in [0.5, 0.6) is 0 Å². The molecule has 0 saturated carbocycles. The molecule has 0 saturated heterocycles. The molecule has 0 aliphatic carbocycles. The molecule has 0 atom stereocenters. The lowest BCUT2D eigenvalue weighted by Crippen LogP contribution is -2.20. The van der Waals surface area contributed by atoms with Gasteiger partial charge in [-0.2, -0.15) is 0 Å². The summed E-state index contributed by atoms with van der Waals surface area (Å²) in [5.41, 5.74) is 0.794. The zero-order valence-electron chi connectivity index (χ0n) is 11.1. The first-order valence-electron chi connectivity index (χ1n) is 5.76. The fourth-order valence-corrected chi connectivity index (χ4v) is 2.00. The smallest absolute Gasteiger partial charge is 0.274 e. The van der Waals surface area contributed by atoms with Crippen LogP contribution in [0, 0.1) is 17.0 Å². The fourth-order valence-electron chi connectivity index (χ4n) is 1.45. The van der Waals surface area contributed by atoms with Gasteiger partial charge >= 0.3 is 0 Å². The zero-order chi connectivity index (χ0) is 15.1. The molecule has 1 N–H and O–H groups in total. The van der Waals surface area contributed by atoms with E-state index in [1.807, 2.05) is 0 Å². The molecule has 20 heavy (non-hydrogen) atoms. The highest BCUT2D eigenvalue weighted by atomic mass is 79.9. The van der Waals surface area contributed by atoms with Gasteiger partial charge in [-0.05, 0) is 28.9 Å². The van der Waals surface area contributed by atoms with Crippen LogP contribution in [0.2, 0.25) is 0 Å². The number of anilines is 1. The van der Waals surface area contributed by atoms with Gasteiger partial charge in [0, 0.05) is 23.2 Å². The lowest BCUT2D eigenvalue weighted by molar-refractivity contribution is -0.385. The van der Waals surface area contributed by atoms with E-state index in [4.69, 9.17) is 9.47 Å². The summed E-state index contributed by atoms with van der Waals surface area (Å²) in [5, 5.41) is 13.4. The summed E-state index contributed by atoms with van der Waals surface area (Å²) in [6.45, 7) is 2.19. The SMILES string of the molecule is COCCOCC(=O)Nc1cc([N+](=O)[O-])c(C)cc1Br. The number of amides is 1. The second kappa shape index (κ2) is 7.93. The molecule has 0 heterocycles. The summed E-state index contributed by atoms with van der Waals surface area (Å²) in [6.07, 6.45) is 0. The maximum Gasteiger partial charge on any atom is 0.274 e. The molecule has 0 spiro atoms. The Bertz CT molecular complexity index is 507. The number of nitrogens with one attached hydrogen (secondary N) is 1. The minimum Gasteiger partial charge on any atom is -0.382 e. The second-order valence-corrected chi connectivity index (χ2v) is 4.82. The minimum atomic E-state index is -0.494. The molecule has 0 aromatic heterocycles. The Hall–Kier alpha value is -1.51. The van der Waals surface area contributed by atoms with Crippen molar-refractivity contribution in [3.63, 3.8) is 0 Å². The van der Waals surface area contributed by atoms with Gasteiger partial charge in [0.1, 0.15) is 6.61 Å². The molecule has 0 aliphatic rings. The van der Waals surface area contributed by atoms with E-state index >= 15 is 0 Å². The summed E-state index contributed by atoms with van der Waals surface area (Å²) >= 11 is 3.25. The topological polar surface area (TPSA) is 90.7 Å². The van der Waals surface area contributed by atoms with E-state index in [-0.39, 0.29) is 18.2 Å². The number of benzene rings is 1. The summed E-state index contributed by atoms with van der Waals surface area (Å²) in [5.74, 6) is -0.389. The Morgan fingerprint density at radius 1 is 1.45 bits per heavy atom. The van der Waals surface area contributed by atoms with Crippen LogP contribution in [0.3, 0.4) is 0 Å². The molecule has 1 rings (SSSR count). The monoisotopic (exact) mass is 346 g/mol. The Balaban J connectivity index is 2.69. The quantitative estimate of drug-likeness (QED) is 0.464. The van der Waals surface area contributed by atoms with Crippen molar-refractivity contribution < 1.29 is 19.2 Å². The average Bonchev–Trinajstić information content (AvgIpc) is 2.37. The van der Waals surface area contributed by atoms with E-state index in [1.165, 1.54) is 13.2 Å². The van der Waals surface area contributed by atoms with Crippen molar-refractivity contribution in [2.45, 2.75) is 6.92 Å². The summed E-state index contributed by atoms with van der Waals surface area (Å²) in [4.78, 5) is 22.0. The number of nitrogens with zero attached hydrogens (tertiary/aromatic N) is 1. The summed E-state index contributed by atoms with van der Waals surface area (Å²) in [6, 6.07) is 2.89. The molecular formula is C12H15BrN2O5. The third-order valence-corrected chi connectivity index (χ3v) is 3.08. The molecule has 1 aromatic carbocycles. The summed E-state index contributed by atoms with van der Waals surface area (Å²) < 4.78 is 10.4. The predicted molar refractivity (Wildman–Crippen MR) is 76.9 cm³/mol. The van der Waals surface area contributed by atoms with E-state index in [1.54, 1.807) is 13.0 Å². The van der Waals surface area contributed by atoms with Crippen LogP contribution >= 0.6 is 15.9 Å². The van der Waals surface area contributed by atoms with Crippen molar-refractivity contribution >= 4 is 33.2 Å². The molecule has 0 radical (unpaired) electrons. The molecular weight excluding hydrogens is 332 g/mol. The highest BCUT2D eigenvalue weighted by Gasteiger charge is 2.15. The average molecular weight is 347 g/mol. The van der Waals surface area contributed by atoms with E-state index in [9.17, 15) is 14.9 Å². The van der Waals surface area contributed by atoms with Gasteiger partial charge in [-0.25, -0.2) is 0 Å². The number of nitro groups is 1. The molecule has 8 heteroatoms. The van der Waals surface area contributed by atoms with Gasteiger partial charge < -0.3 is 14.8 Å². The third-order valence-electron chi connectivity index (χ3n) is 2.42. The first kappa shape index (κ1) is 16.5. The van der Waals surface area contributed by atoms with Crippen molar-refractivity contribution in [1.82, 2.24) is 0 Å². The number of hydrogen-bond donors (Lipinski definition) is 1. The van der Waals surface area contributed by atoms with Crippen LogP contribution in [-0.4, -0.2) is 37.8 Å². The Morgan fingerprint density at radius 3 is 2.75 bits per heavy atom. The lowest BCUT2D eigenvalue weighted by Gasteiger charge is -2.09. The van der Waals surface area contributed by atoms with Gasteiger partial charge in [0.05, 0.1) is 23.8 Å². The van der Waals surface area contributed by atoms with Gasteiger partial charge in [0.15, 0.2) is 0 Å². The maximum absolute atomic E-state index is 11.6. The number of nitro benzene ring substituents is 1. The van der Waals surface area contributed by atoms with Crippen molar-refractivity contribution in [2.24, 2.45) is 0 Å². The molecule has 0 fully saturated rings. The normalized spacial score (nSPS) is 10.3. The highest BCUT2D eigenvalue weighted by Crippen LogP contribution is 2.30. The first-order valence-corrected chi connectivity index (χ1v) is 6.56. The maximum atomic E-state index is 11.6. The molecule has 1 aromatic rings. The largest absolute Gasteiger partial charge is 0.382 e. The number of carbonyl (C=O) groups excluding carboxylic acids is 1. The van der Waals surface area contributed by atoms with Gasteiger partial charge in [-0.1, -0.05) is 0 Å². The van der Waals surface area contributed by atoms with Crippen LogP contribution < -0.4 is 5.32 Å². The van der Waals surface area contributed by atoms with E-state index in [2.05, 4.69) is 21.2 Å². The van der Waals surface area contributed by atoms with Gasteiger partial charge in [0.2, 0.25) is 5.91 Å². The van der Waals surface area contributed by atoms with Crippen molar-refractivity contribution in [2.75, 3.05) is 32.2 Å². The summed E-state index contributed by atoms with van der Waals surface area (Å²) in [7, 11) is 1.53. The van der Waals surface area contributed by atoms with Crippen molar-refractivity contribution in [3.8, 4) is 0 Å². The second-order valence-electron chi connectivity index (χ2n) is 3.97. The third kappa shape index (κ3) is 4.87. The number of carbonyl (C=O) groups is 1. The van der Waals surface area contributed by atoms with Crippen LogP contribution in [0.15, 0.2) is 16.6 Å². The predicted octanol–water partition coefficient (Wildman–Crippen LogP) is 2.27. The molecule has 0 aliphatic heterocycles. The van der Waals surface area contributed by atoms with Crippen LogP contribution in [0.1, 0.15) is 5.56 Å². The number of ether oxygens (including phenoxy) is 2. The zero-order valence-corrected chi connectivity index (χ0v) is 12.7. The van der Waals surface area contributed by atoms with E-state index in [0.29, 0.717) is 28.9 Å². The van der Waals surface area contributed by atoms with Gasteiger partial charge in [-0.15, -0.1) is 0 Å². The van der Waals surface area contributed by atoms with Crippen LogP contribution in [-0.2, 0) is 14.3 Å². The Kier molecular flexibility index (Phi) is 6.56. The molecule has 0 unspecified atom stereocenters. The Morgan fingerprint density at radius 2 is 2.15 bits per heavy atom. The number of rotatable bonds is 7.